The number of hydrogen-bond donors (Lipinski definition) is 0. The van der Waals surface area contributed by atoms with Gasteiger partial charge in [0, 0.05) is 12.5 Å². The summed E-state index contributed by atoms with van der Waals surface area (Å²) in [6.45, 7) is 3.85. The van der Waals surface area contributed by atoms with Crippen molar-refractivity contribution >= 4 is 17.1 Å². The Bertz CT molecular complexity index is 935. The molecule has 5 heteroatoms. The van der Waals surface area contributed by atoms with Crippen molar-refractivity contribution in [1.29, 1.82) is 5.26 Å². The number of aryl methyl sites for hydroxylation is 1. The van der Waals surface area contributed by atoms with Crippen molar-refractivity contribution in [2.45, 2.75) is 20.5 Å². The first-order valence-corrected chi connectivity index (χ1v) is 8.59. The van der Waals surface area contributed by atoms with E-state index in [1.165, 1.54) is 11.3 Å². The largest absolute Gasteiger partial charge is 0.489 e. The Hall–Kier alpha value is -2.97. The highest BCUT2D eigenvalue weighted by atomic mass is 32.1. The van der Waals surface area contributed by atoms with Gasteiger partial charge in [-0.2, -0.15) is 5.26 Å². The maximum absolute atomic E-state index is 11.6. The lowest BCUT2D eigenvalue weighted by molar-refractivity contribution is 0.102. The molecule has 0 atom stereocenters. The van der Waals surface area contributed by atoms with Crippen molar-refractivity contribution in [2.24, 2.45) is 0 Å². The van der Waals surface area contributed by atoms with Gasteiger partial charge in [-0.1, -0.05) is 12.1 Å². The van der Waals surface area contributed by atoms with E-state index in [2.05, 4.69) is 11.1 Å². The summed E-state index contributed by atoms with van der Waals surface area (Å²) < 4.78 is 5.77. The molecule has 2 aromatic carbocycles. The lowest BCUT2D eigenvalue weighted by Crippen LogP contribution is -1.95. The highest BCUT2D eigenvalue weighted by molar-refractivity contribution is 7.17. The van der Waals surface area contributed by atoms with Gasteiger partial charge in [-0.25, -0.2) is 4.98 Å². The van der Waals surface area contributed by atoms with E-state index in [-0.39, 0.29) is 5.78 Å². The first-order chi connectivity index (χ1) is 12.1. The van der Waals surface area contributed by atoms with Crippen molar-refractivity contribution in [3.63, 3.8) is 0 Å². The van der Waals surface area contributed by atoms with Crippen LogP contribution in [0, 0.1) is 18.3 Å². The third kappa shape index (κ3) is 3.93. The van der Waals surface area contributed by atoms with Crippen LogP contribution in [0.2, 0.25) is 0 Å². The number of nitriles is 1. The van der Waals surface area contributed by atoms with E-state index in [4.69, 9.17) is 10.00 Å². The highest BCUT2D eigenvalue weighted by Gasteiger charge is 2.12. The third-order valence-electron chi connectivity index (χ3n) is 3.71. The molecule has 1 heterocycles. The summed E-state index contributed by atoms with van der Waals surface area (Å²) in [4.78, 5) is 16.7. The second kappa shape index (κ2) is 7.29. The van der Waals surface area contributed by atoms with Crippen LogP contribution in [0.3, 0.4) is 0 Å². The number of rotatable bonds is 5. The van der Waals surface area contributed by atoms with E-state index in [9.17, 15) is 4.79 Å². The number of ether oxygens (including phenoxy) is 1. The van der Waals surface area contributed by atoms with Crippen LogP contribution in [-0.2, 0) is 6.61 Å². The van der Waals surface area contributed by atoms with Crippen molar-refractivity contribution in [1.82, 2.24) is 4.98 Å². The molecule has 3 rings (SSSR count). The van der Waals surface area contributed by atoms with Gasteiger partial charge in [0.25, 0.3) is 0 Å². The van der Waals surface area contributed by atoms with Gasteiger partial charge in [0.1, 0.15) is 17.4 Å². The van der Waals surface area contributed by atoms with Gasteiger partial charge in [0.15, 0.2) is 5.78 Å². The molecule has 0 aliphatic carbocycles. The molecule has 4 nitrogen and oxygen atoms in total. The molecule has 3 aromatic rings. The van der Waals surface area contributed by atoms with E-state index in [1.54, 1.807) is 19.1 Å². The molecule has 0 unspecified atom stereocenters. The van der Waals surface area contributed by atoms with E-state index in [0.29, 0.717) is 17.0 Å². The van der Waals surface area contributed by atoms with Crippen LogP contribution >= 0.6 is 11.3 Å². The molecule has 0 amide bonds. The molecule has 0 bridgehead atoms. The minimum Gasteiger partial charge on any atom is -0.489 e. The van der Waals surface area contributed by atoms with E-state index < -0.39 is 0 Å². The Balaban J connectivity index is 1.68. The van der Waals surface area contributed by atoms with Gasteiger partial charge in [0.2, 0.25) is 0 Å². The predicted octanol–water partition coefficient (Wildman–Crippen LogP) is 4.77. The van der Waals surface area contributed by atoms with Crippen molar-refractivity contribution in [3.8, 4) is 22.4 Å². The standard InChI is InChI=1S/C20H16N2O2S/c1-13-19(14(2)23)25-20(22-13)17-7-9-18(10-8-17)24-12-16-5-3-15(11-21)4-6-16/h3-10H,12H2,1-2H3. The zero-order valence-electron chi connectivity index (χ0n) is 13.9. The molecular weight excluding hydrogens is 332 g/mol. The van der Waals surface area contributed by atoms with Gasteiger partial charge in [-0.3, -0.25) is 4.79 Å². The number of benzene rings is 2. The molecule has 0 saturated carbocycles. The van der Waals surface area contributed by atoms with Crippen LogP contribution in [-0.4, -0.2) is 10.8 Å². The molecule has 0 spiro atoms. The average molecular weight is 348 g/mol. The summed E-state index contributed by atoms with van der Waals surface area (Å²) in [5.74, 6) is 0.803. The molecule has 25 heavy (non-hydrogen) atoms. The monoisotopic (exact) mass is 348 g/mol. The van der Waals surface area contributed by atoms with Crippen LogP contribution in [0.25, 0.3) is 10.6 Å². The topological polar surface area (TPSA) is 63.0 Å². The van der Waals surface area contributed by atoms with Crippen molar-refractivity contribution < 1.29 is 9.53 Å². The predicted molar refractivity (Wildman–Crippen MR) is 97.8 cm³/mol. The van der Waals surface area contributed by atoms with Gasteiger partial charge < -0.3 is 4.74 Å². The van der Waals surface area contributed by atoms with Gasteiger partial charge in [-0.15, -0.1) is 11.3 Å². The number of hydrogen-bond acceptors (Lipinski definition) is 5. The van der Waals surface area contributed by atoms with E-state index in [1.807, 2.05) is 43.3 Å². The molecule has 0 saturated heterocycles. The molecule has 124 valence electrons. The summed E-state index contributed by atoms with van der Waals surface area (Å²) in [6.07, 6.45) is 0. The molecule has 0 fully saturated rings. The number of aromatic nitrogens is 1. The molecular formula is C20H16N2O2S. The maximum atomic E-state index is 11.6. The van der Waals surface area contributed by atoms with Crippen LogP contribution in [0.5, 0.6) is 5.75 Å². The van der Waals surface area contributed by atoms with Crippen LogP contribution in [0.4, 0.5) is 0 Å². The third-order valence-corrected chi connectivity index (χ3v) is 5.01. The van der Waals surface area contributed by atoms with Crippen LogP contribution < -0.4 is 4.74 Å². The van der Waals surface area contributed by atoms with Crippen molar-refractivity contribution in [3.05, 3.63) is 70.2 Å². The number of nitrogens with zero attached hydrogens (tertiary/aromatic N) is 2. The number of carbonyl (C=O) groups excluding carboxylic acids is 1. The average Bonchev–Trinajstić information content (AvgIpc) is 3.03. The first-order valence-electron chi connectivity index (χ1n) is 7.77. The summed E-state index contributed by atoms with van der Waals surface area (Å²) in [5, 5.41) is 9.64. The van der Waals surface area contributed by atoms with Gasteiger partial charge in [-0.05, 0) is 48.9 Å². The Morgan fingerprint density at radius 1 is 1.16 bits per heavy atom. The molecule has 1 aromatic heterocycles. The van der Waals surface area contributed by atoms with Crippen LogP contribution in [0.15, 0.2) is 48.5 Å². The molecule has 0 aliphatic rings. The second-order valence-corrected chi connectivity index (χ2v) is 6.61. The summed E-state index contributed by atoms with van der Waals surface area (Å²) in [7, 11) is 0. The SMILES string of the molecule is CC(=O)c1sc(-c2ccc(OCc3ccc(C#N)cc3)cc2)nc1C. The fraction of sp³-hybridized carbons (Fsp3) is 0.150. The van der Waals surface area contributed by atoms with E-state index in [0.717, 1.165) is 27.6 Å². The Labute approximate surface area is 150 Å². The number of carbonyl (C=O) groups is 1. The maximum Gasteiger partial charge on any atom is 0.171 e. The first kappa shape index (κ1) is 16.9. The smallest absolute Gasteiger partial charge is 0.171 e. The van der Waals surface area contributed by atoms with Crippen molar-refractivity contribution in [2.75, 3.05) is 0 Å². The quantitative estimate of drug-likeness (QED) is 0.623. The number of Topliss-reactive ketones (excluding diaryl/α,β-unsaturated/α-hetero) is 1. The number of thiazole rings is 1. The zero-order valence-corrected chi connectivity index (χ0v) is 14.8. The Morgan fingerprint density at radius 3 is 2.40 bits per heavy atom. The number of ketones is 1. The zero-order chi connectivity index (χ0) is 17.8. The lowest BCUT2D eigenvalue weighted by Gasteiger charge is -2.07. The molecule has 0 radical (unpaired) electrons. The Kier molecular flexibility index (Phi) is 4.92. The summed E-state index contributed by atoms with van der Waals surface area (Å²) in [6, 6.07) is 17.1. The van der Waals surface area contributed by atoms with Crippen LogP contribution in [0.1, 0.15) is 33.4 Å². The Morgan fingerprint density at radius 2 is 1.84 bits per heavy atom. The minimum absolute atomic E-state index is 0.0450. The fourth-order valence-electron chi connectivity index (χ4n) is 2.38. The normalized spacial score (nSPS) is 10.3. The summed E-state index contributed by atoms with van der Waals surface area (Å²) in [5.41, 5.74) is 3.38. The molecule has 0 aliphatic heterocycles. The van der Waals surface area contributed by atoms with Gasteiger partial charge in [0.05, 0.1) is 22.2 Å². The summed E-state index contributed by atoms with van der Waals surface area (Å²) >= 11 is 1.41. The second-order valence-electron chi connectivity index (χ2n) is 5.61. The lowest BCUT2D eigenvalue weighted by atomic mass is 10.1. The minimum atomic E-state index is 0.0450. The molecule has 0 N–H and O–H groups in total. The fourth-order valence-corrected chi connectivity index (χ4v) is 3.35. The highest BCUT2D eigenvalue weighted by Crippen LogP contribution is 2.29. The van der Waals surface area contributed by atoms with Gasteiger partial charge >= 0.3 is 0 Å². The van der Waals surface area contributed by atoms with E-state index >= 15 is 0 Å².